The number of hydrogen-bond donors (Lipinski definition) is 0. The average Bonchev–Trinajstić information content (AvgIpc) is 2.62. The smallest absolute Gasteiger partial charge is 0.243 e. The number of piperazine rings is 1. The summed E-state index contributed by atoms with van der Waals surface area (Å²) in [5.41, 5.74) is 1.02. The van der Waals surface area contributed by atoms with Gasteiger partial charge in [0.05, 0.1) is 11.4 Å². The molecule has 0 radical (unpaired) electrons. The number of benzene rings is 1. The highest BCUT2D eigenvalue weighted by molar-refractivity contribution is 7.89. The number of carbonyl (C=O) groups is 1. The van der Waals surface area contributed by atoms with Crippen LogP contribution in [0.5, 0.6) is 0 Å². The van der Waals surface area contributed by atoms with Crippen molar-refractivity contribution in [3.63, 3.8) is 0 Å². The molecule has 1 aromatic rings. The average molecular weight is 378 g/mol. The Morgan fingerprint density at radius 1 is 1.08 bits per heavy atom. The number of aryl methyl sites for hydroxylation is 1. The molecule has 0 saturated carbocycles. The molecule has 1 aromatic carbocycles. The van der Waals surface area contributed by atoms with Crippen LogP contribution in [-0.4, -0.2) is 74.2 Å². The van der Waals surface area contributed by atoms with Crippen molar-refractivity contribution in [1.82, 2.24) is 14.1 Å². The summed E-state index contributed by atoms with van der Waals surface area (Å²) in [5.74, 6) is -0.000332. The molecule has 1 heterocycles. The van der Waals surface area contributed by atoms with Crippen LogP contribution in [0.2, 0.25) is 0 Å². The topological polar surface area (TPSA) is 60.9 Å². The summed E-state index contributed by atoms with van der Waals surface area (Å²) < 4.78 is 26.9. The van der Waals surface area contributed by atoms with Crippen molar-refractivity contribution in [3.05, 3.63) is 55.1 Å². The van der Waals surface area contributed by atoms with E-state index in [1.54, 1.807) is 41.3 Å². The van der Waals surface area contributed by atoms with E-state index in [9.17, 15) is 13.2 Å². The summed E-state index contributed by atoms with van der Waals surface area (Å²) in [6, 6.07) is 6.89. The fourth-order valence-electron chi connectivity index (χ4n) is 2.87. The molecule has 6 nitrogen and oxygen atoms in total. The summed E-state index contributed by atoms with van der Waals surface area (Å²) in [6.45, 7) is 12.3. The molecular formula is C19H27N3O3S. The van der Waals surface area contributed by atoms with Crippen molar-refractivity contribution >= 4 is 15.9 Å². The number of hydrogen-bond acceptors (Lipinski definition) is 4. The van der Waals surface area contributed by atoms with Crippen LogP contribution in [0.15, 0.2) is 54.5 Å². The van der Waals surface area contributed by atoms with Gasteiger partial charge >= 0.3 is 0 Å². The largest absolute Gasteiger partial charge is 0.334 e. The Balaban J connectivity index is 1.94. The molecule has 1 saturated heterocycles. The van der Waals surface area contributed by atoms with Gasteiger partial charge in [0.25, 0.3) is 0 Å². The first-order chi connectivity index (χ1) is 12.4. The van der Waals surface area contributed by atoms with E-state index < -0.39 is 10.0 Å². The lowest BCUT2D eigenvalue weighted by Crippen LogP contribution is -2.51. The Bertz CT molecular complexity index is 726. The van der Waals surface area contributed by atoms with Crippen molar-refractivity contribution in [1.29, 1.82) is 0 Å². The molecule has 0 unspecified atom stereocenters. The van der Waals surface area contributed by atoms with Gasteiger partial charge in [-0.3, -0.25) is 9.69 Å². The number of amides is 1. The lowest BCUT2D eigenvalue weighted by molar-refractivity contribution is -0.131. The van der Waals surface area contributed by atoms with Gasteiger partial charge in [0.1, 0.15) is 0 Å². The Hall–Kier alpha value is -1.96. The minimum Gasteiger partial charge on any atom is -0.334 e. The molecule has 1 fully saturated rings. The van der Waals surface area contributed by atoms with E-state index in [1.807, 2.05) is 11.8 Å². The molecular weight excluding hydrogens is 350 g/mol. The number of rotatable bonds is 8. The third-order valence-electron chi connectivity index (χ3n) is 4.40. The van der Waals surface area contributed by atoms with Crippen molar-refractivity contribution in [3.8, 4) is 0 Å². The van der Waals surface area contributed by atoms with Crippen molar-refractivity contribution < 1.29 is 13.2 Å². The van der Waals surface area contributed by atoms with E-state index in [4.69, 9.17) is 0 Å². The van der Waals surface area contributed by atoms with Crippen LogP contribution >= 0.6 is 0 Å². The zero-order valence-electron chi connectivity index (χ0n) is 15.3. The minimum absolute atomic E-state index is 0.000332. The monoisotopic (exact) mass is 377 g/mol. The second kappa shape index (κ2) is 9.12. The number of carbonyl (C=O) groups excluding carboxylic acids is 1. The normalized spacial score (nSPS) is 16.2. The summed E-state index contributed by atoms with van der Waals surface area (Å²) in [5, 5.41) is 0. The fourth-order valence-corrected chi connectivity index (χ4v) is 4.29. The lowest BCUT2D eigenvalue weighted by Gasteiger charge is -2.34. The maximum Gasteiger partial charge on any atom is 0.243 e. The highest BCUT2D eigenvalue weighted by Gasteiger charge is 2.29. The molecule has 0 aromatic heterocycles. The van der Waals surface area contributed by atoms with E-state index in [2.05, 4.69) is 13.2 Å². The van der Waals surface area contributed by atoms with E-state index in [-0.39, 0.29) is 12.5 Å². The van der Waals surface area contributed by atoms with Crippen molar-refractivity contribution in [2.24, 2.45) is 0 Å². The maximum absolute atomic E-state index is 12.7. The van der Waals surface area contributed by atoms with Crippen LogP contribution in [0.25, 0.3) is 0 Å². The van der Waals surface area contributed by atoms with Crippen LogP contribution in [0.4, 0.5) is 0 Å². The molecule has 1 aliphatic rings. The molecule has 0 N–H and O–H groups in total. The van der Waals surface area contributed by atoms with Crippen LogP contribution in [0.1, 0.15) is 5.56 Å². The van der Waals surface area contributed by atoms with Crippen LogP contribution in [-0.2, 0) is 14.8 Å². The summed E-state index contributed by atoms with van der Waals surface area (Å²) in [7, 11) is -3.48. The summed E-state index contributed by atoms with van der Waals surface area (Å²) >= 11 is 0. The number of nitrogens with zero attached hydrogens (tertiary/aromatic N) is 3. The van der Waals surface area contributed by atoms with Gasteiger partial charge in [-0.2, -0.15) is 4.31 Å². The van der Waals surface area contributed by atoms with Gasteiger partial charge < -0.3 is 4.90 Å². The van der Waals surface area contributed by atoms with Gasteiger partial charge in [-0.1, -0.05) is 29.8 Å². The van der Waals surface area contributed by atoms with Gasteiger partial charge in [-0.25, -0.2) is 8.42 Å². The van der Waals surface area contributed by atoms with Crippen molar-refractivity contribution in [2.45, 2.75) is 11.8 Å². The van der Waals surface area contributed by atoms with E-state index in [0.29, 0.717) is 44.2 Å². The molecule has 2 rings (SSSR count). The Kier molecular flexibility index (Phi) is 7.14. The number of sulfonamides is 1. The van der Waals surface area contributed by atoms with Gasteiger partial charge in [0.2, 0.25) is 15.9 Å². The van der Waals surface area contributed by atoms with Gasteiger partial charge in [0.15, 0.2) is 0 Å². The molecule has 0 spiro atoms. The van der Waals surface area contributed by atoms with Crippen LogP contribution in [0.3, 0.4) is 0 Å². The third kappa shape index (κ3) is 5.03. The maximum atomic E-state index is 12.7. The highest BCUT2D eigenvalue weighted by atomic mass is 32.2. The van der Waals surface area contributed by atoms with Gasteiger partial charge in [-0.15, -0.1) is 13.2 Å². The van der Waals surface area contributed by atoms with E-state index in [0.717, 1.165) is 5.56 Å². The second-order valence-electron chi connectivity index (χ2n) is 6.37. The quantitative estimate of drug-likeness (QED) is 0.644. The SMILES string of the molecule is C=CCN(CC=C)C(=O)CN1CCN(S(=O)(=O)c2ccc(C)cc2)CC1. The summed E-state index contributed by atoms with van der Waals surface area (Å²) in [6.07, 6.45) is 3.38. The molecule has 1 amide bonds. The van der Waals surface area contributed by atoms with Crippen LogP contribution < -0.4 is 0 Å². The predicted octanol–water partition coefficient (Wildman–Crippen LogP) is 1.50. The first-order valence-electron chi connectivity index (χ1n) is 8.67. The molecule has 0 atom stereocenters. The van der Waals surface area contributed by atoms with Gasteiger partial charge in [0, 0.05) is 39.3 Å². The molecule has 0 bridgehead atoms. The molecule has 7 heteroatoms. The summed E-state index contributed by atoms with van der Waals surface area (Å²) in [4.78, 5) is 16.4. The highest BCUT2D eigenvalue weighted by Crippen LogP contribution is 2.18. The standard InChI is InChI=1S/C19H27N3O3S/c1-4-10-21(11-5-2)19(23)16-20-12-14-22(15-13-20)26(24,25)18-8-6-17(3)7-9-18/h4-9H,1-2,10-16H2,3H3. The Morgan fingerprint density at radius 2 is 1.62 bits per heavy atom. The van der Waals surface area contributed by atoms with E-state index in [1.165, 1.54) is 4.31 Å². The second-order valence-corrected chi connectivity index (χ2v) is 8.31. The third-order valence-corrected chi connectivity index (χ3v) is 6.31. The van der Waals surface area contributed by atoms with Crippen molar-refractivity contribution in [2.75, 3.05) is 45.8 Å². The molecule has 1 aliphatic heterocycles. The zero-order chi connectivity index (χ0) is 19.2. The minimum atomic E-state index is -3.48. The Morgan fingerprint density at radius 3 is 2.12 bits per heavy atom. The zero-order valence-corrected chi connectivity index (χ0v) is 16.1. The molecule has 26 heavy (non-hydrogen) atoms. The lowest BCUT2D eigenvalue weighted by atomic mass is 10.2. The molecule has 0 aliphatic carbocycles. The first-order valence-corrected chi connectivity index (χ1v) is 10.1. The first kappa shape index (κ1) is 20.4. The van der Waals surface area contributed by atoms with Gasteiger partial charge in [-0.05, 0) is 19.1 Å². The molecule has 142 valence electrons. The predicted molar refractivity (Wildman–Crippen MR) is 103 cm³/mol. The van der Waals surface area contributed by atoms with Crippen LogP contribution in [0, 0.1) is 6.92 Å². The Labute approximate surface area is 156 Å². The van der Waals surface area contributed by atoms with E-state index >= 15 is 0 Å². The fraction of sp³-hybridized carbons (Fsp3) is 0.421.